The third-order valence-electron chi connectivity index (χ3n) is 2.38. The van der Waals surface area contributed by atoms with Crippen molar-refractivity contribution >= 4 is 17.6 Å². The molecule has 0 radical (unpaired) electrons. The van der Waals surface area contributed by atoms with Crippen LogP contribution in [-0.2, 0) is 0 Å². The molecule has 2 aromatic carbocycles. The summed E-state index contributed by atoms with van der Waals surface area (Å²) in [5, 5.41) is 14.3. The van der Waals surface area contributed by atoms with Crippen molar-refractivity contribution in [2.45, 2.75) is 0 Å². The van der Waals surface area contributed by atoms with E-state index >= 15 is 0 Å². The molecule has 0 bridgehead atoms. The smallest absolute Gasteiger partial charge is 0.269 e. The lowest BCUT2D eigenvalue weighted by molar-refractivity contribution is -0.384. The minimum Gasteiger partial charge on any atom is -0.278 e. The van der Waals surface area contributed by atoms with E-state index in [9.17, 15) is 14.5 Å². The van der Waals surface area contributed by atoms with E-state index < -0.39 is 4.92 Å². The molecule has 0 amide bonds. The van der Waals surface area contributed by atoms with Gasteiger partial charge in [-0.2, -0.15) is 5.10 Å². The highest BCUT2D eigenvalue weighted by molar-refractivity contribution is 5.80. The Balaban J connectivity index is 2.03. The third-order valence-corrected chi connectivity index (χ3v) is 2.38. The predicted octanol–water partition coefficient (Wildman–Crippen LogP) is 3.18. The molecule has 19 heavy (non-hydrogen) atoms. The summed E-state index contributed by atoms with van der Waals surface area (Å²) in [4.78, 5) is 9.98. The number of hydrazone groups is 1. The molecule has 6 heteroatoms. The molecular formula is C13H10FN3O2. The molecule has 0 aliphatic carbocycles. The van der Waals surface area contributed by atoms with Crippen LogP contribution in [0.4, 0.5) is 15.8 Å². The second-order valence-corrected chi connectivity index (χ2v) is 3.70. The van der Waals surface area contributed by atoms with E-state index in [4.69, 9.17) is 0 Å². The number of hydrogen-bond acceptors (Lipinski definition) is 4. The molecule has 2 rings (SSSR count). The van der Waals surface area contributed by atoms with Crippen molar-refractivity contribution in [1.29, 1.82) is 0 Å². The van der Waals surface area contributed by atoms with E-state index in [0.29, 0.717) is 11.3 Å². The molecule has 0 atom stereocenters. The maximum atomic E-state index is 13.3. The summed E-state index contributed by atoms with van der Waals surface area (Å²) in [6.45, 7) is 0. The number of non-ortho nitro benzene ring substituents is 1. The van der Waals surface area contributed by atoms with E-state index in [1.54, 1.807) is 18.2 Å². The SMILES string of the molecule is O=[N+]([O-])c1ccc(N/N=C/c2ccccc2F)cc1. The highest BCUT2D eigenvalue weighted by atomic mass is 19.1. The zero-order valence-electron chi connectivity index (χ0n) is 9.79. The highest BCUT2D eigenvalue weighted by Gasteiger charge is 2.02. The first-order valence-corrected chi connectivity index (χ1v) is 5.45. The van der Waals surface area contributed by atoms with E-state index in [-0.39, 0.29) is 11.5 Å². The lowest BCUT2D eigenvalue weighted by Gasteiger charge is -1.99. The van der Waals surface area contributed by atoms with E-state index in [1.807, 2.05) is 0 Å². The molecule has 0 unspecified atom stereocenters. The number of halogens is 1. The summed E-state index contributed by atoms with van der Waals surface area (Å²) in [7, 11) is 0. The summed E-state index contributed by atoms with van der Waals surface area (Å²) < 4.78 is 13.3. The molecule has 5 nitrogen and oxygen atoms in total. The Hall–Kier alpha value is -2.76. The summed E-state index contributed by atoms with van der Waals surface area (Å²) in [5.74, 6) is -0.364. The molecule has 2 aromatic rings. The molecule has 96 valence electrons. The number of rotatable bonds is 4. The molecule has 0 aromatic heterocycles. The van der Waals surface area contributed by atoms with Gasteiger partial charge in [0.15, 0.2) is 0 Å². The van der Waals surface area contributed by atoms with Crippen molar-refractivity contribution in [1.82, 2.24) is 0 Å². The van der Waals surface area contributed by atoms with Crippen LogP contribution < -0.4 is 5.43 Å². The summed E-state index contributed by atoms with van der Waals surface area (Å²) >= 11 is 0. The molecular weight excluding hydrogens is 249 g/mol. The fraction of sp³-hybridized carbons (Fsp3) is 0. The molecule has 0 spiro atoms. The number of nitrogens with zero attached hydrogens (tertiary/aromatic N) is 2. The topological polar surface area (TPSA) is 67.5 Å². The van der Waals surface area contributed by atoms with Crippen LogP contribution in [0.3, 0.4) is 0 Å². The quantitative estimate of drug-likeness (QED) is 0.521. The van der Waals surface area contributed by atoms with Gasteiger partial charge in [-0.05, 0) is 18.2 Å². The van der Waals surface area contributed by atoms with Crippen molar-refractivity contribution < 1.29 is 9.31 Å². The molecule has 0 saturated carbocycles. The maximum absolute atomic E-state index is 13.3. The minimum atomic E-state index is -0.480. The molecule has 0 aliphatic heterocycles. The van der Waals surface area contributed by atoms with Crippen LogP contribution in [0, 0.1) is 15.9 Å². The Labute approximate surface area is 108 Å². The first-order chi connectivity index (χ1) is 9.16. The molecule has 1 N–H and O–H groups in total. The standard InChI is InChI=1S/C13H10FN3O2/c14-13-4-2-1-3-10(13)9-15-16-11-5-7-12(8-6-11)17(18)19/h1-9,16H/b15-9+. The van der Waals surface area contributed by atoms with Crippen LogP contribution in [0.2, 0.25) is 0 Å². The van der Waals surface area contributed by atoms with Gasteiger partial charge in [0.1, 0.15) is 5.82 Å². The average Bonchev–Trinajstić information content (AvgIpc) is 2.41. The number of nitrogens with one attached hydrogen (secondary N) is 1. The van der Waals surface area contributed by atoms with Gasteiger partial charge < -0.3 is 0 Å². The van der Waals surface area contributed by atoms with E-state index in [2.05, 4.69) is 10.5 Å². The van der Waals surface area contributed by atoms with Gasteiger partial charge in [-0.3, -0.25) is 15.5 Å². The number of nitro benzene ring substituents is 1. The maximum Gasteiger partial charge on any atom is 0.269 e. The summed E-state index contributed by atoms with van der Waals surface area (Å²) in [6.07, 6.45) is 1.34. The van der Waals surface area contributed by atoms with E-state index in [1.165, 1.54) is 36.5 Å². The lowest BCUT2D eigenvalue weighted by Crippen LogP contribution is -1.93. The molecule has 0 saturated heterocycles. The molecule has 0 aliphatic rings. The van der Waals surface area contributed by atoms with Crippen LogP contribution in [0.25, 0.3) is 0 Å². The Morgan fingerprint density at radius 2 is 1.84 bits per heavy atom. The van der Waals surface area contributed by atoms with Crippen LogP contribution in [0.5, 0.6) is 0 Å². The number of nitro groups is 1. The highest BCUT2D eigenvalue weighted by Crippen LogP contribution is 2.15. The van der Waals surface area contributed by atoms with Crippen molar-refractivity contribution in [3.05, 3.63) is 70.0 Å². The summed E-state index contributed by atoms with van der Waals surface area (Å²) in [5.41, 5.74) is 3.61. The van der Waals surface area contributed by atoms with Gasteiger partial charge in [0.25, 0.3) is 5.69 Å². The normalized spacial score (nSPS) is 10.6. The van der Waals surface area contributed by atoms with Crippen LogP contribution >= 0.6 is 0 Å². The number of anilines is 1. The van der Waals surface area contributed by atoms with Crippen LogP contribution in [0.1, 0.15) is 5.56 Å². The van der Waals surface area contributed by atoms with Gasteiger partial charge in [0, 0.05) is 17.7 Å². The largest absolute Gasteiger partial charge is 0.278 e. The lowest BCUT2D eigenvalue weighted by atomic mass is 10.2. The average molecular weight is 259 g/mol. The van der Waals surface area contributed by atoms with Gasteiger partial charge in [-0.1, -0.05) is 18.2 Å². The Morgan fingerprint density at radius 1 is 1.16 bits per heavy atom. The van der Waals surface area contributed by atoms with Crippen molar-refractivity contribution in [2.75, 3.05) is 5.43 Å². The first kappa shape index (κ1) is 12.7. The van der Waals surface area contributed by atoms with Gasteiger partial charge >= 0.3 is 0 Å². The van der Waals surface area contributed by atoms with Gasteiger partial charge in [-0.15, -0.1) is 0 Å². The first-order valence-electron chi connectivity index (χ1n) is 5.45. The van der Waals surface area contributed by atoms with Crippen molar-refractivity contribution in [2.24, 2.45) is 5.10 Å². The van der Waals surface area contributed by atoms with Crippen LogP contribution in [-0.4, -0.2) is 11.1 Å². The van der Waals surface area contributed by atoms with Crippen molar-refractivity contribution in [3.8, 4) is 0 Å². The zero-order chi connectivity index (χ0) is 13.7. The van der Waals surface area contributed by atoms with Crippen molar-refractivity contribution in [3.63, 3.8) is 0 Å². The molecule has 0 fully saturated rings. The minimum absolute atomic E-state index is 0.00336. The fourth-order valence-electron chi connectivity index (χ4n) is 1.41. The number of hydrogen-bond donors (Lipinski definition) is 1. The van der Waals surface area contributed by atoms with Crippen LogP contribution in [0.15, 0.2) is 53.6 Å². The zero-order valence-corrected chi connectivity index (χ0v) is 9.79. The van der Waals surface area contributed by atoms with Gasteiger partial charge in [0.05, 0.1) is 16.8 Å². The van der Waals surface area contributed by atoms with E-state index in [0.717, 1.165) is 0 Å². The Morgan fingerprint density at radius 3 is 2.47 bits per heavy atom. The molecule has 0 heterocycles. The second-order valence-electron chi connectivity index (χ2n) is 3.70. The Kier molecular flexibility index (Phi) is 3.82. The second kappa shape index (κ2) is 5.72. The van der Waals surface area contributed by atoms with Gasteiger partial charge in [0.2, 0.25) is 0 Å². The third kappa shape index (κ3) is 3.35. The monoisotopic (exact) mass is 259 g/mol. The van der Waals surface area contributed by atoms with Gasteiger partial charge in [-0.25, -0.2) is 4.39 Å². The number of benzene rings is 2. The fourth-order valence-corrected chi connectivity index (χ4v) is 1.41. The summed E-state index contributed by atoms with van der Waals surface area (Å²) in [6, 6.07) is 12.0. The predicted molar refractivity (Wildman–Crippen MR) is 70.7 cm³/mol. The Bertz CT molecular complexity index is 612.